The van der Waals surface area contributed by atoms with Crippen LogP contribution in [-0.2, 0) is 19.1 Å². The summed E-state index contributed by atoms with van der Waals surface area (Å²) < 4.78 is 9.58. The second-order valence-electron chi connectivity index (χ2n) is 4.08. The standard InChI is InChI=1S/C15H17NO6/c1-3-21-14(19)11(15(20)22-4-2)9-16-12-8-6-5-7-10(12)13(17)18/h5-9,11H,3-4H2,1-2H3,(H,17,18). The summed E-state index contributed by atoms with van der Waals surface area (Å²) in [7, 11) is 0. The van der Waals surface area contributed by atoms with Crippen molar-refractivity contribution in [2.75, 3.05) is 13.2 Å². The second-order valence-corrected chi connectivity index (χ2v) is 4.08. The molecule has 0 bridgehead atoms. The zero-order valence-corrected chi connectivity index (χ0v) is 12.3. The molecule has 1 rings (SSSR count). The van der Waals surface area contributed by atoms with Crippen LogP contribution in [0.1, 0.15) is 24.2 Å². The molecule has 0 saturated carbocycles. The van der Waals surface area contributed by atoms with Crippen molar-refractivity contribution in [2.45, 2.75) is 13.8 Å². The summed E-state index contributed by atoms with van der Waals surface area (Å²) in [4.78, 5) is 38.5. The highest BCUT2D eigenvalue weighted by Gasteiger charge is 2.27. The van der Waals surface area contributed by atoms with E-state index in [1.165, 1.54) is 12.1 Å². The first kappa shape index (κ1) is 17.4. The molecule has 0 amide bonds. The number of carbonyl (C=O) groups is 3. The molecule has 0 unspecified atom stereocenters. The Bertz CT molecular complexity index is 563. The number of carbonyl (C=O) groups excluding carboxylic acids is 2. The average Bonchev–Trinajstić information content (AvgIpc) is 2.48. The Labute approximate surface area is 127 Å². The molecule has 0 spiro atoms. The largest absolute Gasteiger partial charge is 0.478 e. The number of hydrogen-bond donors (Lipinski definition) is 1. The van der Waals surface area contributed by atoms with Crippen molar-refractivity contribution in [3.8, 4) is 0 Å². The zero-order chi connectivity index (χ0) is 16.5. The van der Waals surface area contributed by atoms with Crippen LogP contribution in [0.15, 0.2) is 29.3 Å². The van der Waals surface area contributed by atoms with Gasteiger partial charge in [0.15, 0.2) is 5.92 Å². The molecular formula is C15H17NO6. The van der Waals surface area contributed by atoms with E-state index in [1.54, 1.807) is 26.0 Å². The lowest BCUT2D eigenvalue weighted by atomic mass is 10.1. The number of nitrogens with zero attached hydrogens (tertiary/aromatic N) is 1. The molecule has 1 aromatic carbocycles. The molecule has 22 heavy (non-hydrogen) atoms. The van der Waals surface area contributed by atoms with E-state index in [0.29, 0.717) is 0 Å². The highest BCUT2D eigenvalue weighted by molar-refractivity contribution is 6.09. The Balaban J connectivity index is 3.05. The smallest absolute Gasteiger partial charge is 0.337 e. The van der Waals surface area contributed by atoms with Crippen molar-refractivity contribution >= 4 is 29.8 Å². The molecule has 0 atom stereocenters. The topological polar surface area (TPSA) is 102 Å². The van der Waals surface area contributed by atoms with Gasteiger partial charge in [-0.15, -0.1) is 0 Å². The molecule has 0 heterocycles. The summed E-state index contributed by atoms with van der Waals surface area (Å²) in [5, 5.41) is 9.06. The third-order valence-electron chi connectivity index (χ3n) is 2.58. The van der Waals surface area contributed by atoms with Crippen molar-refractivity contribution < 1.29 is 29.0 Å². The molecule has 7 nitrogen and oxygen atoms in total. The molecule has 1 aromatic rings. The van der Waals surface area contributed by atoms with Gasteiger partial charge in [0.2, 0.25) is 0 Å². The van der Waals surface area contributed by atoms with Crippen molar-refractivity contribution in [3.63, 3.8) is 0 Å². The zero-order valence-electron chi connectivity index (χ0n) is 12.3. The third-order valence-corrected chi connectivity index (χ3v) is 2.58. The molecule has 7 heteroatoms. The summed E-state index contributed by atoms with van der Waals surface area (Å²) in [5.41, 5.74) is 0.0961. The lowest BCUT2D eigenvalue weighted by Gasteiger charge is -2.10. The lowest BCUT2D eigenvalue weighted by Crippen LogP contribution is -2.29. The van der Waals surface area contributed by atoms with Gasteiger partial charge in [0.25, 0.3) is 0 Å². The van der Waals surface area contributed by atoms with E-state index in [1.807, 2.05) is 0 Å². The molecule has 0 aliphatic rings. The average molecular weight is 307 g/mol. The fourth-order valence-corrected chi connectivity index (χ4v) is 1.60. The minimum absolute atomic E-state index is 0.0368. The first-order valence-electron chi connectivity index (χ1n) is 6.71. The van der Waals surface area contributed by atoms with Gasteiger partial charge in [-0.2, -0.15) is 0 Å². The monoisotopic (exact) mass is 307 g/mol. The Morgan fingerprint density at radius 3 is 2.18 bits per heavy atom. The van der Waals surface area contributed by atoms with Crippen LogP contribution in [0.4, 0.5) is 5.69 Å². The van der Waals surface area contributed by atoms with Crippen LogP contribution in [0.2, 0.25) is 0 Å². The number of esters is 2. The van der Waals surface area contributed by atoms with Crippen LogP contribution in [-0.4, -0.2) is 42.4 Å². The van der Waals surface area contributed by atoms with Gasteiger partial charge in [-0.25, -0.2) is 4.79 Å². The maximum Gasteiger partial charge on any atom is 0.337 e. The van der Waals surface area contributed by atoms with Crippen molar-refractivity contribution in [3.05, 3.63) is 29.8 Å². The van der Waals surface area contributed by atoms with E-state index in [2.05, 4.69) is 4.99 Å². The van der Waals surface area contributed by atoms with Crippen LogP contribution in [0.5, 0.6) is 0 Å². The Kier molecular flexibility index (Phi) is 6.75. The molecule has 0 aliphatic carbocycles. The van der Waals surface area contributed by atoms with Gasteiger partial charge in [-0.05, 0) is 26.0 Å². The number of rotatable bonds is 7. The Morgan fingerprint density at radius 1 is 1.14 bits per heavy atom. The Morgan fingerprint density at radius 2 is 1.68 bits per heavy atom. The molecule has 1 N–H and O–H groups in total. The van der Waals surface area contributed by atoms with Crippen LogP contribution in [0.25, 0.3) is 0 Å². The summed E-state index contributed by atoms with van der Waals surface area (Å²) in [5.74, 6) is -4.08. The van der Waals surface area contributed by atoms with Crippen LogP contribution in [0.3, 0.4) is 0 Å². The number of aliphatic imine (C=N–C) groups is 1. The quantitative estimate of drug-likeness (QED) is 0.468. The summed E-state index contributed by atoms with van der Waals surface area (Å²) >= 11 is 0. The number of para-hydroxylation sites is 1. The summed E-state index contributed by atoms with van der Waals surface area (Å²) in [6, 6.07) is 5.99. The highest BCUT2D eigenvalue weighted by atomic mass is 16.6. The SMILES string of the molecule is CCOC(=O)C(C=Nc1ccccc1C(=O)O)C(=O)OCC. The molecule has 118 valence electrons. The van der Waals surface area contributed by atoms with Gasteiger partial charge in [0, 0.05) is 6.21 Å². The minimum Gasteiger partial charge on any atom is -0.478 e. The lowest BCUT2D eigenvalue weighted by molar-refractivity contribution is -0.157. The van der Waals surface area contributed by atoms with Crippen molar-refractivity contribution in [1.82, 2.24) is 0 Å². The van der Waals surface area contributed by atoms with Gasteiger partial charge >= 0.3 is 17.9 Å². The van der Waals surface area contributed by atoms with Crippen molar-refractivity contribution in [2.24, 2.45) is 10.9 Å². The maximum atomic E-state index is 11.8. The number of benzene rings is 1. The van der Waals surface area contributed by atoms with E-state index < -0.39 is 23.8 Å². The van der Waals surface area contributed by atoms with Crippen molar-refractivity contribution in [1.29, 1.82) is 0 Å². The number of carboxylic acids is 1. The molecule has 0 aliphatic heterocycles. The fourth-order valence-electron chi connectivity index (χ4n) is 1.60. The fraction of sp³-hybridized carbons (Fsp3) is 0.333. The molecule has 0 saturated heterocycles. The molecular weight excluding hydrogens is 290 g/mol. The molecule has 0 aromatic heterocycles. The van der Waals surface area contributed by atoms with E-state index >= 15 is 0 Å². The molecule has 0 fully saturated rings. The van der Waals surface area contributed by atoms with Gasteiger partial charge in [0.05, 0.1) is 24.5 Å². The minimum atomic E-state index is -1.33. The van der Waals surface area contributed by atoms with E-state index in [0.717, 1.165) is 6.21 Å². The predicted octanol–water partition coefficient (Wildman–Crippen LogP) is 1.83. The number of aromatic carboxylic acids is 1. The van der Waals surface area contributed by atoms with Crippen LogP contribution >= 0.6 is 0 Å². The highest BCUT2D eigenvalue weighted by Crippen LogP contribution is 2.18. The Hall–Kier alpha value is -2.70. The molecule has 0 radical (unpaired) electrons. The van der Waals surface area contributed by atoms with Gasteiger partial charge < -0.3 is 14.6 Å². The first-order valence-corrected chi connectivity index (χ1v) is 6.71. The van der Waals surface area contributed by atoms with Crippen LogP contribution in [0, 0.1) is 5.92 Å². The first-order chi connectivity index (χ1) is 10.5. The maximum absolute atomic E-state index is 11.8. The number of ether oxygens (including phenoxy) is 2. The summed E-state index contributed by atoms with van der Waals surface area (Å²) in [6.45, 7) is 3.43. The van der Waals surface area contributed by atoms with E-state index in [4.69, 9.17) is 14.6 Å². The predicted molar refractivity (Wildman–Crippen MR) is 78.3 cm³/mol. The normalized spacial score (nSPS) is 10.7. The van der Waals surface area contributed by atoms with Gasteiger partial charge in [0.1, 0.15) is 0 Å². The second kappa shape index (κ2) is 8.56. The third kappa shape index (κ3) is 4.69. The number of hydrogen-bond acceptors (Lipinski definition) is 6. The number of carboxylic acid groups (broad SMARTS) is 1. The van der Waals surface area contributed by atoms with Gasteiger partial charge in [-0.1, -0.05) is 12.1 Å². The summed E-state index contributed by atoms with van der Waals surface area (Å²) in [6.07, 6.45) is 1.04. The van der Waals surface area contributed by atoms with Crippen LogP contribution < -0.4 is 0 Å². The van der Waals surface area contributed by atoms with E-state index in [9.17, 15) is 14.4 Å². The van der Waals surface area contributed by atoms with Gasteiger partial charge in [-0.3, -0.25) is 14.6 Å². The van der Waals surface area contributed by atoms with E-state index in [-0.39, 0.29) is 24.5 Å².